The highest BCUT2D eigenvalue weighted by Gasteiger charge is 2.62. The molecule has 3 unspecified atom stereocenters. The average Bonchev–Trinajstić information content (AvgIpc) is 2.35. The molecular formula is C14H28N2O2S. The van der Waals surface area contributed by atoms with Crippen molar-refractivity contribution in [3.05, 3.63) is 0 Å². The highest BCUT2D eigenvalue weighted by Crippen LogP contribution is 2.49. The van der Waals surface area contributed by atoms with E-state index in [1.165, 1.54) is 0 Å². The summed E-state index contributed by atoms with van der Waals surface area (Å²) in [6.45, 7) is 9.49. The van der Waals surface area contributed by atoms with Gasteiger partial charge in [0.05, 0.1) is 6.10 Å². The number of hydrogen-bond acceptors (Lipinski definition) is 4. The van der Waals surface area contributed by atoms with Crippen molar-refractivity contribution in [3.8, 4) is 0 Å². The molecule has 1 amide bonds. The molecule has 3 N–H and O–H groups in total. The molecule has 0 bridgehead atoms. The van der Waals surface area contributed by atoms with Gasteiger partial charge in [-0.3, -0.25) is 4.79 Å². The number of nitrogens with one attached hydrogen (secondary N) is 1. The van der Waals surface area contributed by atoms with Gasteiger partial charge >= 0.3 is 0 Å². The summed E-state index contributed by atoms with van der Waals surface area (Å²) in [6.07, 6.45) is 2.76. The van der Waals surface area contributed by atoms with Crippen molar-refractivity contribution in [2.45, 2.75) is 45.8 Å². The second-order valence-corrected chi connectivity index (χ2v) is 7.02. The standard InChI is InChI=1S/C14H28N2O2S/c1-6-18-11-7-14(15,13(11,3)4)12(17)16-8-10(2)9-19-5/h10-11H,6-9,15H2,1-5H3,(H,16,17). The van der Waals surface area contributed by atoms with Gasteiger partial charge in [-0.15, -0.1) is 0 Å². The third-order valence-corrected chi connectivity index (χ3v) is 5.20. The Morgan fingerprint density at radius 2 is 2.21 bits per heavy atom. The molecule has 0 aromatic carbocycles. The topological polar surface area (TPSA) is 64.3 Å². The van der Waals surface area contributed by atoms with Crippen LogP contribution in [-0.4, -0.2) is 42.7 Å². The summed E-state index contributed by atoms with van der Waals surface area (Å²) in [5, 5.41) is 3.00. The van der Waals surface area contributed by atoms with Crippen LogP contribution in [0.5, 0.6) is 0 Å². The number of carbonyl (C=O) groups excluding carboxylic acids is 1. The molecule has 5 heteroatoms. The Hall–Kier alpha value is -0.260. The van der Waals surface area contributed by atoms with E-state index in [0.29, 0.717) is 25.5 Å². The largest absolute Gasteiger partial charge is 0.378 e. The van der Waals surface area contributed by atoms with Crippen LogP contribution in [0.1, 0.15) is 34.1 Å². The molecule has 0 aromatic heterocycles. The van der Waals surface area contributed by atoms with Gasteiger partial charge in [0.15, 0.2) is 0 Å². The van der Waals surface area contributed by atoms with Crippen LogP contribution in [0.2, 0.25) is 0 Å². The first-order chi connectivity index (χ1) is 8.79. The molecule has 0 radical (unpaired) electrons. The summed E-state index contributed by atoms with van der Waals surface area (Å²) < 4.78 is 5.64. The lowest BCUT2D eigenvalue weighted by Crippen LogP contribution is -2.75. The molecule has 3 atom stereocenters. The number of carbonyl (C=O) groups is 1. The molecule has 112 valence electrons. The first kappa shape index (κ1) is 16.8. The maximum atomic E-state index is 12.3. The van der Waals surface area contributed by atoms with E-state index in [9.17, 15) is 4.79 Å². The number of rotatable bonds is 7. The second kappa shape index (κ2) is 6.46. The summed E-state index contributed by atoms with van der Waals surface area (Å²) in [4.78, 5) is 12.3. The summed E-state index contributed by atoms with van der Waals surface area (Å²) >= 11 is 1.79. The maximum Gasteiger partial charge on any atom is 0.240 e. The van der Waals surface area contributed by atoms with E-state index in [1.54, 1.807) is 11.8 Å². The Morgan fingerprint density at radius 3 is 2.68 bits per heavy atom. The van der Waals surface area contributed by atoms with Gasteiger partial charge in [0, 0.05) is 25.0 Å². The predicted octanol–water partition coefficient (Wildman–Crippen LogP) is 1.63. The zero-order valence-electron chi connectivity index (χ0n) is 12.8. The van der Waals surface area contributed by atoms with E-state index in [-0.39, 0.29) is 17.4 Å². The van der Waals surface area contributed by atoms with Gasteiger partial charge in [-0.1, -0.05) is 20.8 Å². The lowest BCUT2D eigenvalue weighted by molar-refractivity contribution is -0.170. The van der Waals surface area contributed by atoms with Crippen LogP contribution < -0.4 is 11.1 Å². The van der Waals surface area contributed by atoms with Crippen LogP contribution in [0, 0.1) is 11.3 Å². The Balaban J connectivity index is 2.53. The number of thioether (sulfide) groups is 1. The van der Waals surface area contributed by atoms with E-state index < -0.39 is 5.54 Å². The van der Waals surface area contributed by atoms with Crippen LogP contribution in [-0.2, 0) is 9.53 Å². The zero-order chi connectivity index (χ0) is 14.7. The quantitative estimate of drug-likeness (QED) is 0.747. The normalized spacial score (nSPS) is 30.5. The van der Waals surface area contributed by atoms with E-state index in [2.05, 4.69) is 18.5 Å². The highest BCUT2D eigenvalue weighted by atomic mass is 32.2. The van der Waals surface area contributed by atoms with Gasteiger partial charge in [0.2, 0.25) is 5.91 Å². The molecule has 1 fully saturated rings. The molecule has 0 aromatic rings. The summed E-state index contributed by atoms with van der Waals surface area (Å²) in [7, 11) is 0. The first-order valence-corrected chi connectivity index (χ1v) is 8.36. The molecule has 0 spiro atoms. The second-order valence-electron chi connectivity index (χ2n) is 6.11. The van der Waals surface area contributed by atoms with Crippen molar-refractivity contribution >= 4 is 17.7 Å². The van der Waals surface area contributed by atoms with Gasteiger partial charge in [0.1, 0.15) is 5.54 Å². The predicted molar refractivity (Wildman–Crippen MR) is 81.3 cm³/mol. The monoisotopic (exact) mass is 288 g/mol. The molecule has 0 saturated heterocycles. The minimum absolute atomic E-state index is 0.0404. The third kappa shape index (κ3) is 3.26. The van der Waals surface area contributed by atoms with Crippen molar-refractivity contribution < 1.29 is 9.53 Å². The SMILES string of the molecule is CCOC1CC(N)(C(=O)NCC(C)CSC)C1(C)C. The first-order valence-electron chi connectivity index (χ1n) is 6.97. The number of ether oxygens (including phenoxy) is 1. The minimum Gasteiger partial charge on any atom is -0.378 e. The molecule has 0 aliphatic heterocycles. The lowest BCUT2D eigenvalue weighted by Gasteiger charge is -2.57. The van der Waals surface area contributed by atoms with Crippen LogP contribution in [0.25, 0.3) is 0 Å². The Kier molecular flexibility index (Phi) is 5.71. The number of hydrogen-bond donors (Lipinski definition) is 2. The van der Waals surface area contributed by atoms with Crippen molar-refractivity contribution in [1.29, 1.82) is 0 Å². The number of amides is 1. The third-order valence-electron chi connectivity index (χ3n) is 4.30. The van der Waals surface area contributed by atoms with Gasteiger partial charge < -0.3 is 15.8 Å². The van der Waals surface area contributed by atoms with Gasteiger partial charge in [-0.2, -0.15) is 11.8 Å². The van der Waals surface area contributed by atoms with Gasteiger partial charge in [-0.05, 0) is 24.9 Å². The fourth-order valence-corrected chi connectivity index (χ4v) is 3.28. The van der Waals surface area contributed by atoms with Crippen molar-refractivity contribution in [1.82, 2.24) is 5.32 Å². The van der Waals surface area contributed by atoms with Crippen molar-refractivity contribution in [2.75, 3.05) is 25.2 Å². The fraction of sp³-hybridized carbons (Fsp3) is 0.929. The van der Waals surface area contributed by atoms with E-state index in [4.69, 9.17) is 10.5 Å². The Labute approximate surface area is 121 Å². The molecule has 1 aliphatic rings. The van der Waals surface area contributed by atoms with Crippen LogP contribution in [0.15, 0.2) is 0 Å². The number of nitrogens with two attached hydrogens (primary N) is 1. The highest BCUT2D eigenvalue weighted by molar-refractivity contribution is 7.98. The molecule has 19 heavy (non-hydrogen) atoms. The average molecular weight is 288 g/mol. The minimum atomic E-state index is -0.800. The molecule has 4 nitrogen and oxygen atoms in total. The van der Waals surface area contributed by atoms with Crippen LogP contribution in [0.4, 0.5) is 0 Å². The summed E-state index contributed by atoms with van der Waals surface area (Å²) in [6, 6.07) is 0. The molecule has 1 saturated carbocycles. The van der Waals surface area contributed by atoms with Crippen molar-refractivity contribution in [2.24, 2.45) is 17.1 Å². The Morgan fingerprint density at radius 1 is 1.58 bits per heavy atom. The summed E-state index contributed by atoms with van der Waals surface area (Å²) in [5.74, 6) is 1.47. The lowest BCUT2D eigenvalue weighted by atomic mass is 9.54. The van der Waals surface area contributed by atoms with Crippen LogP contribution in [0.3, 0.4) is 0 Å². The fourth-order valence-electron chi connectivity index (χ4n) is 2.59. The van der Waals surface area contributed by atoms with E-state index in [0.717, 1.165) is 5.75 Å². The smallest absolute Gasteiger partial charge is 0.240 e. The van der Waals surface area contributed by atoms with Gasteiger partial charge in [0.25, 0.3) is 0 Å². The van der Waals surface area contributed by atoms with Crippen molar-refractivity contribution in [3.63, 3.8) is 0 Å². The maximum absolute atomic E-state index is 12.3. The van der Waals surface area contributed by atoms with E-state index >= 15 is 0 Å². The molecule has 0 heterocycles. The van der Waals surface area contributed by atoms with E-state index in [1.807, 2.05) is 20.8 Å². The zero-order valence-corrected chi connectivity index (χ0v) is 13.6. The molecule has 1 aliphatic carbocycles. The molecular weight excluding hydrogens is 260 g/mol. The van der Waals surface area contributed by atoms with Gasteiger partial charge in [-0.25, -0.2) is 0 Å². The summed E-state index contributed by atoms with van der Waals surface area (Å²) in [5.41, 5.74) is 5.20. The Bertz CT molecular complexity index is 323. The van der Waals surface area contributed by atoms with Crippen LogP contribution >= 0.6 is 11.8 Å². The molecule has 1 rings (SSSR count).